The van der Waals surface area contributed by atoms with Crippen molar-refractivity contribution in [2.75, 3.05) is 5.75 Å². The van der Waals surface area contributed by atoms with Gasteiger partial charge >= 0.3 is 0 Å². The largest absolute Gasteiger partial charge is 0.414 e. The SMILES string of the molecule is CC(SCCC(C)(C)O)[C@H]1C(O)C[C@H]2C3=CC=C4CC(O[Si](C)(C)C(C)(C)C)CC(O[Si](C)(C)C(C)(C)C)[C@]4(C)[C@H]3CC[C@]12C. The fourth-order valence-electron chi connectivity index (χ4n) is 8.90. The Morgan fingerprint density at radius 1 is 0.911 bits per heavy atom. The fraction of sp³-hybridized carbons (Fsp3) is 0.895. The molecule has 45 heavy (non-hydrogen) atoms. The fourth-order valence-corrected chi connectivity index (χ4v) is 13.4. The Morgan fingerprint density at radius 2 is 1.49 bits per heavy atom. The lowest BCUT2D eigenvalue weighted by Gasteiger charge is -2.59. The lowest BCUT2D eigenvalue weighted by Crippen LogP contribution is -2.58. The second kappa shape index (κ2) is 12.5. The maximum Gasteiger partial charge on any atom is 0.192 e. The molecule has 4 aliphatic carbocycles. The Bertz CT molecular complexity index is 1140. The molecule has 0 aromatic rings. The van der Waals surface area contributed by atoms with Gasteiger partial charge in [0.15, 0.2) is 16.6 Å². The standard InChI is InChI=1S/C38H70O4SSi2/c1-25(43-21-20-36(8,9)40)33-31(39)24-30-28-17-16-26-22-27(41-44(12,13)34(2,3)4)23-32(42-45(14,15)35(5,6)7)38(26,11)29(28)18-19-37(30,33)10/h16-17,25,27,29-33,39-40H,18-24H2,1-15H3/t25?,27?,29-,30-,31?,32?,33-,37-,38-/m0/s1. The molecule has 4 nitrogen and oxygen atoms in total. The molecule has 9 atom stereocenters. The molecule has 0 bridgehead atoms. The van der Waals surface area contributed by atoms with Gasteiger partial charge in [0.05, 0.1) is 23.9 Å². The van der Waals surface area contributed by atoms with Crippen molar-refractivity contribution in [3.63, 3.8) is 0 Å². The molecular weight excluding hydrogens is 609 g/mol. The molecule has 260 valence electrons. The van der Waals surface area contributed by atoms with Crippen LogP contribution in [-0.2, 0) is 8.85 Å². The van der Waals surface area contributed by atoms with E-state index in [1.165, 1.54) is 5.57 Å². The Balaban J connectivity index is 1.68. The van der Waals surface area contributed by atoms with Crippen LogP contribution in [0.5, 0.6) is 0 Å². The van der Waals surface area contributed by atoms with Crippen LogP contribution >= 0.6 is 11.8 Å². The highest BCUT2D eigenvalue weighted by Gasteiger charge is 2.62. The van der Waals surface area contributed by atoms with Gasteiger partial charge in [-0.15, -0.1) is 0 Å². The molecule has 0 aromatic heterocycles. The molecule has 4 aliphatic rings. The normalized spacial score (nSPS) is 36.9. The summed E-state index contributed by atoms with van der Waals surface area (Å²) in [5.41, 5.74) is 2.50. The van der Waals surface area contributed by atoms with Crippen LogP contribution in [0, 0.1) is 28.6 Å². The molecule has 0 radical (unpaired) electrons. The van der Waals surface area contributed by atoms with Crippen molar-refractivity contribution < 1.29 is 19.1 Å². The Morgan fingerprint density at radius 3 is 2.04 bits per heavy atom. The van der Waals surface area contributed by atoms with Gasteiger partial charge in [-0.2, -0.15) is 11.8 Å². The predicted octanol–water partition coefficient (Wildman–Crippen LogP) is 10.1. The number of aliphatic hydroxyl groups excluding tert-OH is 1. The van der Waals surface area contributed by atoms with E-state index in [0.717, 1.165) is 44.3 Å². The van der Waals surface area contributed by atoms with Gasteiger partial charge in [0.25, 0.3) is 0 Å². The zero-order valence-electron chi connectivity index (χ0n) is 31.8. The second-order valence-corrected chi connectivity index (χ2v) is 30.6. The summed E-state index contributed by atoms with van der Waals surface area (Å²) in [6.07, 6.45) is 10.9. The van der Waals surface area contributed by atoms with E-state index in [1.807, 2.05) is 25.6 Å². The summed E-state index contributed by atoms with van der Waals surface area (Å²) in [5, 5.41) is 22.6. The molecule has 0 spiro atoms. The summed E-state index contributed by atoms with van der Waals surface area (Å²) >= 11 is 1.94. The first-order chi connectivity index (χ1) is 20.2. The maximum atomic E-state index is 11.7. The average Bonchev–Trinajstić information content (AvgIpc) is 3.12. The monoisotopic (exact) mass is 678 g/mol. The first-order valence-corrected chi connectivity index (χ1v) is 24.9. The highest BCUT2D eigenvalue weighted by molar-refractivity contribution is 7.99. The van der Waals surface area contributed by atoms with E-state index in [-0.39, 0.29) is 45.1 Å². The topological polar surface area (TPSA) is 58.9 Å². The maximum absolute atomic E-state index is 11.7. The Kier molecular flexibility index (Phi) is 10.5. The van der Waals surface area contributed by atoms with Gasteiger partial charge in [0.1, 0.15) is 0 Å². The zero-order chi connectivity index (χ0) is 34.2. The van der Waals surface area contributed by atoms with E-state index in [0.29, 0.717) is 17.1 Å². The minimum absolute atomic E-state index is 0.0513. The van der Waals surface area contributed by atoms with Crippen LogP contribution in [0.3, 0.4) is 0 Å². The van der Waals surface area contributed by atoms with Crippen molar-refractivity contribution >= 4 is 28.4 Å². The number of aliphatic hydroxyl groups is 2. The van der Waals surface area contributed by atoms with Gasteiger partial charge in [0, 0.05) is 16.6 Å². The summed E-state index contributed by atoms with van der Waals surface area (Å²) in [7, 11) is -3.99. The van der Waals surface area contributed by atoms with Gasteiger partial charge < -0.3 is 19.1 Å². The summed E-state index contributed by atoms with van der Waals surface area (Å²) in [6.45, 7) is 34.9. The van der Waals surface area contributed by atoms with E-state index < -0.39 is 22.2 Å². The van der Waals surface area contributed by atoms with Crippen molar-refractivity contribution in [1.82, 2.24) is 0 Å². The third-order valence-corrected chi connectivity index (χ3v) is 24.1. The summed E-state index contributed by atoms with van der Waals surface area (Å²) in [6, 6.07) is 0. The average molecular weight is 679 g/mol. The molecule has 0 heterocycles. The molecule has 0 aromatic carbocycles. The van der Waals surface area contributed by atoms with E-state index in [1.54, 1.807) is 5.57 Å². The first-order valence-electron chi connectivity index (χ1n) is 18.0. The number of allylic oxidation sites excluding steroid dienone is 3. The minimum atomic E-state index is -2.05. The van der Waals surface area contributed by atoms with Crippen LogP contribution in [0.2, 0.25) is 36.3 Å². The lowest BCUT2D eigenvalue weighted by atomic mass is 9.49. The van der Waals surface area contributed by atoms with Gasteiger partial charge in [-0.1, -0.05) is 85.6 Å². The number of hydrogen-bond donors (Lipinski definition) is 2. The van der Waals surface area contributed by atoms with Crippen molar-refractivity contribution in [2.45, 2.75) is 180 Å². The Hall–Kier alpha value is 0.104. The van der Waals surface area contributed by atoms with Crippen molar-refractivity contribution in [2.24, 2.45) is 28.6 Å². The van der Waals surface area contributed by atoms with Gasteiger partial charge in [0.2, 0.25) is 0 Å². The minimum Gasteiger partial charge on any atom is -0.414 e. The molecule has 0 amide bonds. The molecule has 0 saturated heterocycles. The molecule has 0 aliphatic heterocycles. The number of fused-ring (bicyclic) bond motifs is 5. The van der Waals surface area contributed by atoms with Crippen LogP contribution in [0.4, 0.5) is 0 Å². The third kappa shape index (κ3) is 7.21. The van der Waals surface area contributed by atoms with Crippen LogP contribution in [0.15, 0.2) is 23.3 Å². The van der Waals surface area contributed by atoms with Crippen molar-refractivity contribution in [3.05, 3.63) is 23.3 Å². The lowest BCUT2D eigenvalue weighted by molar-refractivity contribution is -0.0438. The Labute approximate surface area is 284 Å². The van der Waals surface area contributed by atoms with E-state index in [4.69, 9.17) is 8.85 Å². The molecule has 4 rings (SSSR count). The highest BCUT2D eigenvalue weighted by atomic mass is 32.2. The molecular formula is C38H70O4SSi2. The van der Waals surface area contributed by atoms with Gasteiger partial charge in [-0.05, 0) is 112 Å². The van der Waals surface area contributed by atoms with Crippen LogP contribution in [0.1, 0.15) is 115 Å². The van der Waals surface area contributed by atoms with Crippen LogP contribution in [0.25, 0.3) is 0 Å². The zero-order valence-corrected chi connectivity index (χ0v) is 34.6. The third-order valence-electron chi connectivity index (χ3n) is 13.8. The predicted molar refractivity (Wildman–Crippen MR) is 199 cm³/mol. The molecule has 3 saturated carbocycles. The van der Waals surface area contributed by atoms with Crippen LogP contribution < -0.4 is 0 Å². The number of thioether (sulfide) groups is 1. The summed E-state index contributed by atoms with van der Waals surface area (Å²) < 4.78 is 14.7. The number of rotatable bonds is 9. The smallest absolute Gasteiger partial charge is 0.192 e. The molecule has 4 unspecified atom stereocenters. The number of hydrogen-bond acceptors (Lipinski definition) is 5. The summed E-state index contributed by atoms with van der Waals surface area (Å²) in [5.74, 6) is 2.04. The second-order valence-electron chi connectivity index (χ2n) is 19.6. The van der Waals surface area contributed by atoms with E-state index in [9.17, 15) is 10.2 Å². The highest BCUT2D eigenvalue weighted by Crippen LogP contribution is 2.67. The molecule has 3 fully saturated rings. The van der Waals surface area contributed by atoms with E-state index in [2.05, 4.69) is 101 Å². The molecule has 2 N–H and O–H groups in total. The van der Waals surface area contributed by atoms with E-state index >= 15 is 0 Å². The summed E-state index contributed by atoms with van der Waals surface area (Å²) in [4.78, 5) is 0. The first kappa shape index (κ1) is 37.9. The van der Waals surface area contributed by atoms with Crippen molar-refractivity contribution in [1.29, 1.82) is 0 Å². The quantitative estimate of drug-likeness (QED) is 0.238. The molecule has 7 heteroatoms. The van der Waals surface area contributed by atoms with Gasteiger partial charge in [-0.3, -0.25) is 0 Å². The van der Waals surface area contributed by atoms with Crippen LogP contribution in [-0.4, -0.2) is 61.8 Å². The van der Waals surface area contributed by atoms with Gasteiger partial charge in [-0.25, -0.2) is 0 Å². The van der Waals surface area contributed by atoms with Crippen molar-refractivity contribution in [3.8, 4) is 0 Å².